The zero-order chi connectivity index (χ0) is 15.5. The zero-order valence-corrected chi connectivity index (χ0v) is 14.2. The maximum Gasteiger partial charge on any atom is 0.122 e. The lowest BCUT2D eigenvalue weighted by Crippen LogP contribution is -2.39. The van der Waals surface area contributed by atoms with E-state index in [-0.39, 0.29) is 0 Å². The summed E-state index contributed by atoms with van der Waals surface area (Å²) in [4.78, 5) is 9.63. The van der Waals surface area contributed by atoms with Crippen LogP contribution in [0.1, 0.15) is 26.1 Å². The highest BCUT2D eigenvalue weighted by atomic mass is 16.5. The van der Waals surface area contributed by atoms with Crippen LogP contribution in [-0.4, -0.2) is 65.3 Å². The van der Waals surface area contributed by atoms with Crippen molar-refractivity contribution in [1.82, 2.24) is 19.4 Å². The third kappa shape index (κ3) is 3.89. The van der Waals surface area contributed by atoms with Gasteiger partial charge in [-0.1, -0.05) is 0 Å². The summed E-state index contributed by atoms with van der Waals surface area (Å²) in [6, 6.07) is 0.599. The first-order valence-electron chi connectivity index (χ1n) is 8.62. The van der Waals surface area contributed by atoms with Crippen molar-refractivity contribution >= 4 is 0 Å². The SMILES string of the molecule is CC(C)N(C)C[C@H]1CN(C[C@@H]2CCOC2)Cc2nccn2C1. The number of ether oxygens (including phenoxy) is 1. The van der Waals surface area contributed by atoms with Crippen molar-refractivity contribution in [3.8, 4) is 0 Å². The Balaban J connectivity index is 1.68. The molecule has 124 valence electrons. The fourth-order valence-electron chi connectivity index (χ4n) is 3.59. The van der Waals surface area contributed by atoms with Gasteiger partial charge in [-0.05, 0) is 33.2 Å². The van der Waals surface area contributed by atoms with Crippen molar-refractivity contribution in [1.29, 1.82) is 0 Å². The molecule has 0 spiro atoms. The van der Waals surface area contributed by atoms with E-state index < -0.39 is 0 Å². The Morgan fingerprint density at radius 1 is 1.36 bits per heavy atom. The molecule has 3 rings (SSSR count). The molecule has 0 aliphatic carbocycles. The van der Waals surface area contributed by atoms with E-state index in [9.17, 15) is 0 Å². The van der Waals surface area contributed by atoms with Crippen molar-refractivity contribution in [2.24, 2.45) is 11.8 Å². The van der Waals surface area contributed by atoms with Crippen molar-refractivity contribution < 1.29 is 4.74 Å². The molecule has 2 aliphatic rings. The largest absolute Gasteiger partial charge is 0.381 e. The second-order valence-corrected chi connectivity index (χ2v) is 7.32. The number of nitrogens with zero attached hydrogens (tertiary/aromatic N) is 4. The molecule has 22 heavy (non-hydrogen) atoms. The minimum Gasteiger partial charge on any atom is -0.381 e. The molecular weight excluding hydrogens is 276 g/mol. The first kappa shape index (κ1) is 16.0. The molecule has 1 saturated heterocycles. The third-order valence-electron chi connectivity index (χ3n) is 5.11. The maximum atomic E-state index is 5.55. The topological polar surface area (TPSA) is 33.5 Å². The van der Waals surface area contributed by atoms with Crippen LogP contribution in [0.5, 0.6) is 0 Å². The summed E-state index contributed by atoms with van der Waals surface area (Å²) >= 11 is 0. The monoisotopic (exact) mass is 306 g/mol. The molecule has 2 atom stereocenters. The highest BCUT2D eigenvalue weighted by Crippen LogP contribution is 2.20. The van der Waals surface area contributed by atoms with Crippen molar-refractivity contribution in [3.05, 3.63) is 18.2 Å². The molecule has 0 saturated carbocycles. The second kappa shape index (κ2) is 7.11. The van der Waals surface area contributed by atoms with E-state index in [0.29, 0.717) is 17.9 Å². The Hall–Kier alpha value is -0.910. The highest BCUT2D eigenvalue weighted by molar-refractivity contribution is 4.96. The summed E-state index contributed by atoms with van der Waals surface area (Å²) in [6.45, 7) is 11.9. The number of aromatic nitrogens is 2. The summed E-state index contributed by atoms with van der Waals surface area (Å²) in [5, 5.41) is 0. The van der Waals surface area contributed by atoms with Gasteiger partial charge in [0.15, 0.2) is 0 Å². The number of hydrogen-bond acceptors (Lipinski definition) is 4. The predicted octanol–water partition coefficient (Wildman–Crippen LogP) is 1.69. The summed E-state index contributed by atoms with van der Waals surface area (Å²) in [5.74, 6) is 2.57. The Morgan fingerprint density at radius 3 is 2.95 bits per heavy atom. The second-order valence-electron chi connectivity index (χ2n) is 7.32. The van der Waals surface area contributed by atoms with Crippen LogP contribution < -0.4 is 0 Å². The Kier molecular flexibility index (Phi) is 5.16. The van der Waals surface area contributed by atoms with Crippen LogP contribution in [0, 0.1) is 11.8 Å². The Morgan fingerprint density at radius 2 is 2.23 bits per heavy atom. The molecule has 0 N–H and O–H groups in total. The number of imidazole rings is 1. The lowest BCUT2D eigenvalue weighted by Gasteiger charge is -2.30. The molecule has 5 nitrogen and oxygen atoms in total. The summed E-state index contributed by atoms with van der Waals surface area (Å²) in [7, 11) is 2.24. The fraction of sp³-hybridized carbons (Fsp3) is 0.824. The molecule has 1 aromatic heterocycles. The van der Waals surface area contributed by atoms with Gasteiger partial charge in [0.25, 0.3) is 0 Å². The van der Waals surface area contributed by atoms with Crippen LogP contribution in [0.3, 0.4) is 0 Å². The highest BCUT2D eigenvalue weighted by Gasteiger charge is 2.26. The minimum absolute atomic E-state index is 0.599. The number of rotatable bonds is 5. The number of hydrogen-bond donors (Lipinski definition) is 0. The van der Waals surface area contributed by atoms with Crippen LogP contribution in [0.15, 0.2) is 12.4 Å². The van der Waals surface area contributed by atoms with Gasteiger partial charge in [-0.3, -0.25) is 4.90 Å². The summed E-state index contributed by atoms with van der Waals surface area (Å²) < 4.78 is 7.90. The lowest BCUT2D eigenvalue weighted by atomic mass is 10.1. The van der Waals surface area contributed by atoms with Gasteiger partial charge >= 0.3 is 0 Å². The quantitative estimate of drug-likeness (QED) is 0.829. The molecule has 1 aromatic rings. The molecule has 0 amide bonds. The lowest BCUT2D eigenvalue weighted by molar-refractivity contribution is 0.141. The van der Waals surface area contributed by atoms with Crippen LogP contribution in [0.4, 0.5) is 0 Å². The molecule has 0 bridgehead atoms. The van der Waals surface area contributed by atoms with E-state index >= 15 is 0 Å². The van der Waals surface area contributed by atoms with Crippen molar-refractivity contribution in [2.45, 2.75) is 39.4 Å². The molecule has 0 aromatic carbocycles. The average Bonchev–Trinajstić information content (AvgIpc) is 3.08. The fourth-order valence-corrected chi connectivity index (χ4v) is 3.59. The van der Waals surface area contributed by atoms with E-state index in [0.717, 1.165) is 45.9 Å². The first-order chi connectivity index (χ1) is 10.6. The van der Waals surface area contributed by atoms with E-state index in [1.807, 2.05) is 6.20 Å². The van der Waals surface area contributed by atoms with Gasteiger partial charge < -0.3 is 14.2 Å². The smallest absolute Gasteiger partial charge is 0.122 e. The van der Waals surface area contributed by atoms with Gasteiger partial charge in [0.05, 0.1) is 13.2 Å². The standard InChI is InChI=1S/C17H30N4O/c1-14(2)19(3)8-16-10-20(9-15-4-7-22-13-15)12-17-18-5-6-21(17)11-16/h5-6,14-16H,4,7-13H2,1-3H3/t15-,16-/m0/s1. The van der Waals surface area contributed by atoms with Crippen LogP contribution in [-0.2, 0) is 17.8 Å². The maximum absolute atomic E-state index is 5.55. The molecule has 0 radical (unpaired) electrons. The Labute approximate surface area is 134 Å². The van der Waals surface area contributed by atoms with Gasteiger partial charge in [0.2, 0.25) is 0 Å². The van der Waals surface area contributed by atoms with Gasteiger partial charge in [-0.2, -0.15) is 0 Å². The molecule has 2 aliphatic heterocycles. The molecule has 0 unspecified atom stereocenters. The van der Waals surface area contributed by atoms with Crippen LogP contribution in [0.2, 0.25) is 0 Å². The van der Waals surface area contributed by atoms with Crippen molar-refractivity contribution in [3.63, 3.8) is 0 Å². The average molecular weight is 306 g/mol. The third-order valence-corrected chi connectivity index (χ3v) is 5.11. The van der Waals surface area contributed by atoms with E-state index in [1.54, 1.807) is 0 Å². The molecule has 5 heteroatoms. The van der Waals surface area contributed by atoms with Gasteiger partial charge in [0, 0.05) is 57.1 Å². The van der Waals surface area contributed by atoms with Crippen LogP contribution in [0.25, 0.3) is 0 Å². The molecule has 3 heterocycles. The molecule has 1 fully saturated rings. The summed E-state index contributed by atoms with van der Waals surface area (Å²) in [6.07, 6.45) is 5.29. The molecular formula is C17H30N4O. The van der Waals surface area contributed by atoms with E-state index in [4.69, 9.17) is 4.74 Å². The minimum atomic E-state index is 0.599. The van der Waals surface area contributed by atoms with Crippen LogP contribution >= 0.6 is 0 Å². The van der Waals surface area contributed by atoms with Gasteiger partial charge in [-0.25, -0.2) is 4.98 Å². The number of fused-ring (bicyclic) bond motifs is 1. The van der Waals surface area contributed by atoms with E-state index in [1.165, 1.54) is 12.2 Å². The first-order valence-corrected chi connectivity index (χ1v) is 8.62. The zero-order valence-electron chi connectivity index (χ0n) is 14.2. The predicted molar refractivity (Wildman–Crippen MR) is 87.7 cm³/mol. The van der Waals surface area contributed by atoms with Gasteiger partial charge in [0.1, 0.15) is 5.82 Å². The van der Waals surface area contributed by atoms with E-state index in [2.05, 4.69) is 46.4 Å². The summed E-state index contributed by atoms with van der Waals surface area (Å²) in [5.41, 5.74) is 0. The van der Waals surface area contributed by atoms with Crippen molar-refractivity contribution in [2.75, 3.05) is 39.9 Å². The Bertz CT molecular complexity index is 440. The normalized spacial score (nSPS) is 26.6. The van der Waals surface area contributed by atoms with Gasteiger partial charge in [-0.15, -0.1) is 0 Å².